The molecule has 0 aliphatic carbocycles. The highest BCUT2D eigenvalue weighted by Crippen LogP contribution is 2.22. The molecule has 1 fully saturated rings. The van der Waals surface area contributed by atoms with Crippen molar-refractivity contribution in [2.75, 3.05) is 13.1 Å². The Balaban J connectivity index is 1.85. The quantitative estimate of drug-likeness (QED) is 0.768. The van der Waals surface area contributed by atoms with E-state index in [1.807, 2.05) is 0 Å². The smallest absolute Gasteiger partial charge is 0.0787 e. The minimum Gasteiger partial charge on any atom is -0.389 e. The third-order valence-corrected chi connectivity index (χ3v) is 3.57. The fourth-order valence-electron chi connectivity index (χ4n) is 1.75. The van der Waals surface area contributed by atoms with E-state index in [-0.39, 0.29) is 0 Å². The Morgan fingerprint density at radius 3 is 3.15 bits per heavy atom. The molecule has 0 aromatic carbocycles. The molecule has 13 heavy (non-hydrogen) atoms. The molecule has 1 atom stereocenters. The van der Waals surface area contributed by atoms with Crippen LogP contribution in [-0.2, 0) is 6.42 Å². The van der Waals surface area contributed by atoms with Gasteiger partial charge in [-0.3, -0.25) is 0 Å². The van der Waals surface area contributed by atoms with Gasteiger partial charge in [0.25, 0.3) is 0 Å². The average Bonchev–Trinajstić information content (AvgIpc) is 2.72. The molecule has 2 heterocycles. The van der Waals surface area contributed by atoms with Crippen molar-refractivity contribution >= 4 is 11.3 Å². The van der Waals surface area contributed by atoms with Crippen LogP contribution in [0.25, 0.3) is 0 Å². The van der Waals surface area contributed by atoms with E-state index < -0.39 is 5.60 Å². The summed E-state index contributed by atoms with van der Waals surface area (Å²) in [5.74, 6) is 0. The monoisotopic (exact) mass is 197 g/mol. The third kappa shape index (κ3) is 2.30. The zero-order valence-electron chi connectivity index (χ0n) is 7.62. The second-order valence-corrected chi connectivity index (χ2v) is 4.76. The number of thiophene rings is 1. The topological polar surface area (TPSA) is 32.3 Å². The Labute approximate surface area is 82.6 Å². The SMILES string of the molecule is OC1(CCc2cccs2)CCNC1. The number of hydrogen-bond acceptors (Lipinski definition) is 3. The fraction of sp³-hybridized carbons (Fsp3) is 0.600. The second-order valence-electron chi connectivity index (χ2n) is 3.73. The van der Waals surface area contributed by atoms with Crippen molar-refractivity contribution in [3.8, 4) is 0 Å². The van der Waals surface area contributed by atoms with E-state index in [1.54, 1.807) is 11.3 Å². The summed E-state index contributed by atoms with van der Waals surface area (Å²) in [6.07, 6.45) is 2.80. The maximum absolute atomic E-state index is 10.0. The lowest BCUT2D eigenvalue weighted by Crippen LogP contribution is -2.31. The number of nitrogens with one attached hydrogen (secondary N) is 1. The van der Waals surface area contributed by atoms with Gasteiger partial charge in [-0.25, -0.2) is 0 Å². The van der Waals surface area contributed by atoms with Gasteiger partial charge in [-0.2, -0.15) is 0 Å². The van der Waals surface area contributed by atoms with Crippen molar-refractivity contribution in [1.29, 1.82) is 0 Å². The summed E-state index contributed by atoms with van der Waals surface area (Å²) in [4.78, 5) is 1.38. The molecule has 0 spiro atoms. The molecule has 1 unspecified atom stereocenters. The highest BCUT2D eigenvalue weighted by molar-refractivity contribution is 7.09. The van der Waals surface area contributed by atoms with E-state index in [0.717, 1.165) is 32.4 Å². The zero-order chi connectivity index (χ0) is 9.15. The van der Waals surface area contributed by atoms with Gasteiger partial charge in [0.15, 0.2) is 0 Å². The molecule has 1 aliphatic heterocycles. The molecule has 3 heteroatoms. The maximum Gasteiger partial charge on any atom is 0.0787 e. The Morgan fingerprint density at radius 1 is 1.62 bits per heavy atom. The van der Waals surface area contributed by atoms with Crippen LogP contribution < -0.4 is 5.32 Å². The van der Waals surface area contributed by atoms with Gasteiger partial charge in [0.1, 0.15) is 0 Å². The predicted molar refractivity (Wildman–Crippen MR) is 55.1 cm³/mol. The number of β-amino-alcohol motifs (C(OH)–C–C–N with tert-alkyl or cyclic N) is 1. The molecule has 2 N–H and O–H groups in total. The highest BCUT2D eigenvalue weighted by atomic mass is 32.1. The van der Waals surface area contributed by atoms with E-state index in [1.165, 1.54) is 4.88 Å². The lowest BCUT2D eigenvalue weighted by Gasteiger charge is -2.20. The van der Waals surface area contributed by atoms with Gasteiger partial charge < -0.3 is 10.4 Å². The number of aryl methyl sites for hydroxylation is 1. The van der Waals surface area contributed by atoms with Crippen LogP contribution in [0.1, 0.15) is 17.7 Å². The highest BCUT2D eigenvalue weighted by Gasteiger charge is 2.30. The van der Waals surface area contributed by atoms with Crippen molar-refractivity contribution in [2.24, 2.45) is 0 Å². The van der Waals surface area contributed by atoms with Crippen LogP contribution in [0.3, 0.4) is 0 Å². The van der Waals surface area contributed by atoms with Crippen molar-refractivity contribution in [3.05, 3.63) is 22.4 Å². The lowest BCUT2D eigenvalue weighted by atomic mass is 9.96. The van der Waals surface area contributed by atoms with Crippen LogP contribution in [0.2, 0.25) is 0 Å². The molecule has 0 radical (unpaired) electrons. The molecule has 1 saturated heterocycles. The minimum atomic E-state index is -0.440. The summed E-state index contributed by atoms with van der Waals surface area (Å²) in [5, 5.41) is 15.3. The largest absolute Gasteiger partial charge is 0.389 e. The average molecular weight is 197 g/mol. The van der Waals surface area contributed by atoms with Crippen molar-refractivity contribution in [3.63, 3.8) is 0 Å². The maximum atomic E-state index is 10.0. The molecule has 72 valence electrons. The predicted octanol–water partition coefficient (Wildman–Crippen LogP) is 1.41. The van der Waals surface area contributed by atoms with Gasteiger partial charge in [-0.05, 0) is 37.3 Å². The van der Waals surface area contributed by atoms with Gasteiger partial charge in [0, 0.05) is 11.4 Å². The molecule has 1 aromatic rings. The summed E-state index contributed by atoms with van der Waals surface area (Å²) >= 11 is 1.77. The van der Waals surface area contributed by atoms with E-state index in [9.17, 15) is 5.11 Å². The zero-order valence-corrected chi connectivity index (χ0v) is 8.44. The van der Waals surface area contributed by atoms with Gasteiger partial charge in [0.2, 0.25) is 0 Å². The lowest BCUT2D eigenvalue weighted by molar-refractivity contribution is 0.0529. The van der Waals surface area contributed by atoms with Crippen LogP contribution in [0.15, 0.2) is 17.5 Å². The van der Waals surface area contributed by atoms with Crippen molar-refractivity contribution in [1.82, 2.24) is 5.32 Å². The molecule has 2 rings (SSSR count). The van der Waals surface area contributed by atoms with E-state index in [4.69, 9.17) is 0 Å². The number of hydrogen-bond donors (Lipinski definition) is 2. The molecule has 0 amide bonds. The van der Waals surface area contributed by atoms with Gasteiger partial charge in [-0.15, -0.1) is 11.3 Å². The Hall–Kier alpha value is -0.380. The molecule has 0 bridgehead atoms. The van der Waals surface area contributed by atoms with E-state index in [2.05, 4.69) is 22.8 Å². The Bertz CT molecular complexity index is 252. The minimum absolute atomic E-state index is 0.440. The molecule has 1 aliphatic rings. The Morgan fingerprint density at radius 2 is 2.54 bits per heavy atom. The van der Waals surface area contributed by atoms with Gasteiger partial charge >= 0.3 is 0 Å². The van der Waals surface area contributed by atoms with Gasteiger partial charge in [-0.1, -0.05) is 6.07 Å². The first kappa shape index (κ1) is 9.19. The summed E-state index contributed by atoms with van der Waals surface area (Å²) < 4.78 is 0. The Kier molecular flexibility index (Phi) is 2.67. The van der Waals surface area contributed by atoms with Crippen LogP contribution in [-0.4, -0.2) is 23.8 Å². The number of aliphatic hydroxyl groups is 1. The van der Waals surface area contributed by atoms with Crippen LogP contribution in [0.5, 0.6) is 0 Å². The van der Waals surface area contributed by atoms with Crippen LogP contribution in [0.4, 0.5) is 0 Å². The molecule has 1 aromatic heterocycles. The first-order chi connectivity index (χ1) is 6.29. The second kappa shape index (κ2) is 3.78. The molecule has 0 saturated carbocycles. The molecule has 2 nitrogen and oxygen atoms in total. The van der Waals surface area contributed by atoms with Crippen LogP contribution in [0, 0.1) is 0 Å². The summed E-state index contributed by atoms with van der Waals surface area (Å²) in [6.45, 7) is 1.72. The number of rotatable bonds is 3. The molecular weight excluding hydrogens is 182 g/mol. The van der Waals surface area contributed by atoms with Crippen molar-refractivity contribution < 1.29 is 5.11 Å². The first-order valence-corrected chi connectivity index (χ1v) is 5.62. The van der Waals surface area contributed by atoms with Crippen molar-refractivity contribution in [2.45, 2.75) is 24.9 Å². The first-order valence-electron chi connectivity index (χ1n) is 4.74. The van der Waals surface area contributed by atoms with E-state index in [0.29, 0.717) is 0 Å². The standard InChI is InChI=1S/C10H15NOS/c12-10(5-6-11-8-10)4-3-9-2-1-7-13-9/h1-2,7,11-12H,3-6,8H2. The van der Waals surface area contributed by atoms with E-state index >= 15 is 0 Å². The summed E-state index contributed by atoms with van der Waals surface area (Å²) in [6, 6.07) is 4.20. The summed E-state index contributed by atoms with van der Waals surface area (Å²) in [7, 11) is 0. The van der Waals surface area contributed by atoms with Crippen LogP contribution >= 0.6 is 11.3 Å². The normalized spacial score (nSPS) is 28.1. The fourth-order valence-corrected chi connectivity index (χ4v) is 2.46. The summed E-state index contributed by atoms with van der Waals surface area (Å²) in [5.41, 5.74) is -0.440. The molecular formula is C10H15NOS. The van der Waals surface area contributed by atoms with Gasteiger partial charge in [0.05, 0.1) is 5.60 Å². The third-order valence-electron chi connectivity index (χ3n) is 2.64.